The van der Waals surface area contributed by atoms with Gasteiger partial charge in [0, 0.05) is 39.0 Å². The molecule has 0 aromatic heterocycles. The van der Waals surface area contributed by atoms with Crippen molar-refractivity contribution in [2.24, 2.45) is 4.99 Å². The van der Waals surface area contributed by atoms with Gasteiger partial charge in [-0.3, -0.25) is 4.99 Å². The quantitative estimate of drug-likeness (QED) is 0.615. The zero-order valence-electron chi connectivity index (χ0n) is 15.6. The van der Waals surface area contributed by atoms with Crippen LogP contribution in [0.15, 0.2) is 29.3 Å². The van der Waals surface area contributed by atoms with Crippen LogP contribution in [0, 0.1) is 0 Å². The van der Waals surface area contributed by atoms with Crippen molar-refractivity contribution in [1.82, 2.24) is 10.6 Å². The molecule has 2 aliphatic heterocycles. The van der Waals surface area contributed by atoms with E-state index in [1.165, 1.54) is 50.0 Å². The second-order valence-corrected chi connectivity index (χ2v) is 7.08. The predicted molar refractivity (Wildman–Crippen MR) is 104 cm³/mol. The Morgan fingerprint density at radius 2 is 2.16 bits per heavy atom. The largest absolute Gasteiger partial charge is 0.378 e. The Morgan fingerprint density at radius 1 is 1.32 bits per heavy atom. The van der Waals surface area contributed by atoms with Crippen molar-refractivity contribution in [3.63, 3.8) is 0 Å². The zero-order chi connectivity index (χ0) is 17.5. The molecule has 3 rings (SSSR count). The number of aliphatic imine (C=N–C) groups is 1. The summed E-state index contributed by atoms with van der Waals surface area (Å²) in [6.07, 6.45) is 6.45. The highest BCUT2D eigenvalue weighted by Crippen LogP contribution is 2.24. The molecule has 2 unspecified atom stereocenters. The maximum Gasteiger partial charge on any atom is 0.191 e. The average Bonchev–Trinajstić information content (AvgIpc) is 3.34. The summed E-state index contributed by atoms with van der Waals surface area (Å²) in [7, 11) is 1.83. The summed E-state index contributed by atoms with van der Waals surface area (Å²) in [4.78, 5) is 6.84. The third-order valence-corrected chi connectivity index (χ3v) is 5.20. The van der Waals surface area contributed by atoms with Gasteiger partial charge >= 0.3 is 0 Å². The number of anilines is 1. The van der Waals surface area contributed by atoms with Crippen molar-refractivity contribution >= 4 is 11.6 Å². The molecule has 138 valence electrons. The van der Waals surface area contributed by atoms with Crippen LogP contribution in [0.4, 0.5) is 5.69 Å². The van der Waals surface area contributed by atoms with Gasteiger partial charge < -0.3 is 20.3 Å². The number of hydrogen-bond acceptors (Lipinski definition) is 3. The SMILES string of the molecule is CN=C(NCCC1CCCO1)NC(C)c1cccc(N2CCCC2)c1. The summed E-state index contributed by atoms with van der Waals surface area (Å²) in [6, 6.07) is 9.10. The molecule has 0 saturated carbocycles. The van der Waals surface area contributed by atoms with Crippen LogP contribution >= 0.6 is 0 Å². The fourth-order valence-electron chi connectivity index (χ4n) is 3.67. The summed E-state index contributed by atoms with van der Waals surface area (Å²) in [5.41, 5.74) is 2.64. The van der Waals surface area contributed by atoms with E-state index in [0.717, 1.165) is 25.5 Å². The van der Waals surface area contributed by atoms with Gasteiger partial charge in [-0.2, -0.15) is 0 Å². The molecule has 0 radical (unpaired) electrons. The van der Waals surface area contributed by atoms with Gasteiger partial charge in [0.2, 0.25) is 0 Å². The number of rotatable bonds is 6. The normalized spacial score (nSPS) is 22.2. The second kappa shape index (κ2) is 9.09. The molecular formula is C20H32N4O. The third kappa shape index (κ3) is 5.11. The number of guanidine groups is 1. The Kier molecular flexibility index (Phi) is 6.56. The van der Waals surface area contributed by atoms with E-state index < -0.39 is 0 Å². The minimum absolute atomic E-state index is 0.219. The highest BCUT2D eigenvalue weighted by molar-refractivity contribution is 5.80. The Morgan fingerprint density at radius 3 is 2.88 bits per heavy atom. The molecule has 0 aliphatic carbocycles. The van der Waals surface area contributed by atoms with Crippen LogP contribution in [0.2, 0.25) is 0 Å². The fraction of sp³-hybridized carbons (Fsp3) is 0.650. The Bertz CT molecular complexity index is 563. The van der Waals surface area contributed by atoms with Crippen LogP contribution < -0.4 is 15.5 Å². The van der Waals surface area contributed by atoms with Gasteiger partial charge in [0.05, 0.1) is 12.1 Å². The van der Waals surface area contributed by atoms with Gasteiger partial charge in [0.1, 0.15) is 0 Å². The number of nitrogens with zero attached hydrogens (tertiary/aromatic N) is 2. The van der Waals surface area contributed by atoms with Crippen molar-refractivity contribution in [1.29, 1.82) is 0 Å². The molecule has 2 N–H and O–H groups in total. The molecular weight excluding hydrogens is 312 g/mol. The van der Waals surface area contributed by atoms with Crippen molar-refractivity contribution < 1.29 is 4.74 Å². The first-order valence-electron chi connectivity index (χ1n) is 9.70. The summed E-state index contributed by atoms with van der Waals surface area (Å²) < 4.78 is 5.68. The molecule has 0 bridgehead atoms. The molecule has 0 spiro atoms. The van der Waals surface area contributed by atoms with Crippen LogP contribution in [-0.2, 0) is 4.74 Å². The lowest BCUT2D eigenvalue weighted by Crippen LogP contribution is -2.39. The van der Waals surface area contributed by atoms with E-state index in [4.69, 9.17) is 4.74 Å². The molecule has 2 fully saturated rings. The highest BCUT2D eigenvalue weighted by Gasteiger charge is 2.16. The van der Waals surface area contributed by atoms with Crippen molar-refractivity contribution in [2.45, 2.75) is 51.2 Å². The van der Waals surface area contributed by atoms with Crippen LogP contribution in [0.5, 0.6) is 0 Å². The lowest BCUT2D eigenvalue weighted by Gasteiger charge is -2.22. The monoisotopic (exact) mass is 344 g/mol. The molecule has 0 amide bonds. The van der Waals surface area contributed by atoms with Crippen LogP contribution in [0.25, 0.3) is 0 Å². The van der Waals surface area contributed by atoms with Crippen molar-refractivity contribution in [2.75, 3.05) is 38.2 Å². The zero-order valence-corrected chi connectivity index (χ0v) is 15.6. The van der Waals surface area contributed by atoms with Crippen LogP contribution in [0.1, 0.15) is 50.6 Å². The smallest absolute Gasteiger partial charge is 0.191 e. The predicted octanol–water partition coefficient (Wildman–Crippen LogP) is 3.08. The number of hydrogen-bond donors (Lipinski definition) is 2. The second-order valence-electron chi connectivity index (χ2n) is 7.08. The molecule has 2 aliphatic rings. The Labute approximate surface area is 151 Å². The van der Waals surface area contributed by atoms with Gasteiger partial charge in [-0.25, -0.2) is 0 Å². The number of ether oxygens (including phenoxy) is 1. The van der Waals surface area contributed by atoms with Gasteiger partial charge in [0.25, 0.3) is 0 Å². The molecule has 5 heteroatoms. The molecule has 1 aromatic carbocycles. The minimum atomic E-state index is 0.219. The topological polar surface area (TPSA) is 48.9 Å². The summed E-state index contributed by atoms with van der Waals surface area (Å²) in [5, 5.41) is 6.92. The molecule has 2 atom stereocenters. The standard InChI is InChI=1S/C20H32N4O/c1-16(17-7-5-8-18(15-17)24-12-3-4-13-24)23-20(21-2)22-11-10-19-9-6-14-25-19/h5,7-8,15-16,19H,3-4,6,9-14H2,1-2H3,(H2,21,22,23). The maximum atomic E-state index is 5.68. The molecule has 2 heterocycles. The van der Waals surface area contributed by atoms with Gasteiger partial charge in [-0.15, -0.1) is 0 Å². The lowest BCUT2D eigenvalue weighted by molar-refractivity contribution is 0.105. The van der Waals surface area contributed by atoms with Crippen LogP contribution in [-0.4, -0.2) is 45.4 Å². The molecule has 5 nitrogen and oxygen atoms in total. The van der Waals surface area contributed by atoms with Gasteiger partial charge in [-0.1, -0.05) is 12.1 Å². The summed E-state index contributed by atoms with van der Waals surface area (Å²) in [5.74, 6) is 0.858. The lowest BCUT2D eigenvalue weighted by atomic mass is 10.1. The van der Waals surface area contributed by atoms with E-state index in [1.54, 1.807) is 0 Å². The van der Waals surface area contributed by atoms with E-state index in [1.807, 2.05) is 7.05 Å². The first-order valence-corrected chi connectivity index (χ1v) is 9.70. The van der Waals surface area contributed by atoms with Gasteiger partial charge in [-0.05, 0) is 56.7 Å². The van der Waals surface area contributed by atoms with E-state index >= 15 is 0 Å². The first kappa shape index (κ1) is 18.1. The number of benzene rings is 1. The maximum absolute atomic E-state index is 5.68. The van der Waals surface area contributed by atoms with E-state index in [2.05, 4.69) is 51.7 Å². The summed E-state index contributed by atoms with van der Waals surface area (Å²) in [6.45, 7) is 6.36. The number of nitrogens with one attached hydrogen (secondary N) is 2. The first-order chi connectivity index (χ1) is 12.3. The van der Waals surface area contributed by atoms with Gasteiger partial charge in [0.15, 0.2) is 5.96 Å². The minimum Gasteiger partial charge on any atom is -0.378 e. The Hall–Kier alpha value is -1.75. The molecule has 1 aromatic rings. The molecule has 2 saturated heterocycles. The third-order valence-electron chi connectivity index (χ3n) is 5.20. The Balaban J connectivity index is 1.50. The fourth-order valence-corrected chi connectivity index (χ4v) is 3.67. The van der Waals surface area contributed by atoms with Crippen LogP contribution in [0.3, 0.4) is 0 Å². The summed E-state index contributed by atoms with van der Waals surface area (Å²) >= 11 is 0. The average molecular weight is 345 g/mol. The van der Waals surface area contributed by atoms with E-state index in [0.29, 0.717) is 6.10 Å². The highest BCUT2D eigenvalue weighted by atomic mass is 16.5. The molecule has 25 heavy (non-hydrogen) atoms. The van der Waals surface area contributed by atoms with Crippen molar-refractivity contribution in [3.8, 4) is 0 Å². The van der Waals surface area contributed by atoms with E-state index in [9.17, 15) is 0 Å². The van der Waals surface area contributed by atoms with E-state index in [-0.39, 0.29) is 6.04 Å². The van der Waals surface area contributed by atoms with Crippen molar-refractivity contribution in [3.05, 3.63) is 29.8 Å².